The summed E-state index contributed by atoms with van der Waals surface area (Å²) in [7, 11) is 1.27. The maximum Gasteiger partial charge on any atom is 0.407 e. The Labute approximate surface area is 111 Å². The van der Waals surface area contributed by atoms with Crippen molar-refractivity contribution in [2.45, 2.75) is 32.9 Å². The van der Waals surface area contributed by atoms with Gasteiger partial charge in [-0.05, 0) is 20.8 Å². The van der Waals surface area contributed by atoms with Gasteiger partial charge in [0.05, 0.1) is 19.9 Å². The van der Waals surface area contributed by atoms with Gasteiger partial charge in [0.1, 0.15) is 5.60 Å². The molecule has 1 amide bonds. The van der Waals surface area contributed by atoms with Crippen molar-refractivity contribution < 1.29 is 19.1 Å². The minimum absolute atomic E-state index is 0.125. The number of hydrogen-bond donors (Lipinski definition) is 1. The van der Waals surface area contributed by atoms with E-state index in [-0.39, 0.29) is 5.69 Å². The van der Waals surface area contributed by atoms with E-state index in [0.29, 0.717) is 13.1 Å². The van der Waals surface area contributed by atoms with Crippen molar-refractivity contribution in [1.29, 1.82) is 0 Å². The standard InChI is InChI=1S/C11H18N4O4/c1-11(2,3)19-10(17)12-5-6-15-13-7-8(14-15)9(16)18-4/h7H,5-6H2,1-4H3,(H,12,17). The van der Waals surface area contributed by atoms with Gasteiger partial charge in [-0.2, -0.15) is 9.90 Å². The molecule has 0 atom stereocenters. The van der Waals surface area contributed by atoms with Gasteiger partial charge in [-0.15, -0.1) is 5.10 Å². The molecule has 0 aromatic carbocycles. The minimum atomic E-state index is -0.550. The van der Waals surface area contributed by atoms with E-state index in [1.165, 1.54) is 18.1 Å². The van der Waals surface area contributed by atoms with Gasteiger partial charge in [-0.25, -0.2) is 9.59 Å². The van der Waals surface area contributed by atoms with Crippen LogP contribution in [-0.2, 0) is 16.0 Å². The molecule has 0 saturated heterocycles. The maximum absolute atomic E-state index is 11.4. The number of nitrogens with one attached hydrogen (secondary N) is 1. The van der Waals surface area contributed by atoms with Crippen molar-refractivity contribution in [3.05, 3.63) is 11.9 Å². The van der Waals surface area contributed by atoms with Crippen LogP contribution in [0.5, 0.6) is 0 Å². The summed E-state index contributed by atoms with van der Waals surface area (Å²) in [6.07, 6.45) is 0.798. The Balaban J connectivity index is 2.35. The first-order valence-electron chi connectivity index (χ1n) is 5.77. The first kappa shape index (κ1) is 14.9. The third kappa shape index (κ3) is 5.36. The van der Waals surface area contributed by atoms with Crippen LogP contribution in [0.3, 0.4) is 0 Å². The Kier molecular flexibility index (Phi) is 4.85. The van der Waals surface area contributed by atoms with Gasteiger partial charge in [0, 0.05) is 6.54 Å². The summed E-state index contributed by atoms with van der Waals surface area (Å²) < 4.78 is 9.56. The number of rotatable bonds is 4. The fraction of sp³-hybridized carbons (Fsp3) is 0.636. The van der Waals surface area contributed by atoms with Crippen molar-refractivity contribution in [2.75, 3.05) is 13.7 Å². The van der Waals surface area contributed by atoms with Gasteiger partial charge in [-0.1, -0.05) is 0 Å². The zero-order chi connectivity index (χ0) is 14.5. The first-order chi connectivity index (χ1) is 8.81. The molecule has 1 heterocycles. The number of esters is 1. The van der Waals surface area contributed by atoms with Gasteiger partial charge < -0.3 is 14.8 Å². The summed E-state index contributed by atoms with van der Waals surface area (Å²) in [5.74, 6) is -0.550. The fourth-order valence-corrected chi connectivity index (χ4v) is 1.18. The SMILES string of the molecule is COC(=O)c1cnn(CCNC(=O)OC(C)(C)C)n1. The lowest BCUT2D eigenvalue weighted by molar-refractivity contribution is 0.0522. The van der Waals surface area contributed by atoms with Crippen LogP contribution in [0.4, 0.5) is 4.79 Å². The molecular weight excluding hydrogens is 252 g/mol. The zero-order valence-corrected chi connectivity index (χ0v) is 11.5. The molecule has 106 valence electrons. The van der Waals surface area contributed by atoms with Crippen LogP contribution >= 0.6 is 0 Å². The number of amides is 1. The molecule has 0 saturated carbocycles. The Bertz CT molecular complexity index is 450. The topological polar surface area (TPSA) is 95.3 Å². The van der Waals surface area contributed by atoms with Crippen LogP contribution < -0.4 is 5.32 Å². The Morgan fingerprint density at radius 2 is 2.11 bits per heavy atom. The Morgan fingerprint density at radius 3 is 2.68 bits per heavy atom. The summed E-state index contributed by atoms with van der Waals surface area (Å²) in [4.78, 5) is 23.8. The monoisotopic (exact) mass is 270 g/mol. The number of carbonyl (C=O) groups excluding carboxylic acids is 2. The van der Waals surface area contributed by atoms with E-state index < -0.39 is 17.7 Å². The summed E-state index contributed by atoms with van der Waals surface area (Å²) in [5, 5.41) is 10.3. The molecular formula is C11H18N4O4. The molecule has 19 heavy (non-hydrogen) atoms. The molecule has 8 heteroatoms. The number of nitrogens with zero attached hydrogens (tertiary/aromatic N) is 3. The average Bonchev–Trinajstić information content (AvgIpc) is 2.74. The smallest absolute Gasteiger partial charge is 0.407 e. The highest BCUT2D eigenvalue weighted by molar-refractivity contribution is 5.86. The van der Waals surface area contributed by atoms with Crippen LogP contribution in [0.15, 0.2) is 6.20 Å². The number of alkyl carbamates (subject to hydrolysis) is 1. The predicted octanol–water partition coefficient (Wildman–Crippen LogP) is 0.589. The van der Waals surface area contributed by atoms with Crippen LogP contribution in [0.25, 0.3) is 0 Å². The summed E-state index contributed by atoms with van der Waals surface area (Å²) in [6.45, 7) is 5.97. The zero-order valence-electron chi connectivity index (χ0n) is 11.5. The number of ether oxygens (including phenoxy) is 2. The van der Waals surface area contributed by atoms with E-state index >= 15 is 0 Å². The molecule has 1 aromatic heterocycles. The van der Waals surface area contributed by atoms with Gasteiger partial charge in [0.2, 0.25) is 0 Å². The highest BCUT2D eigenvalue weighted by Crippen LogP contribution is 2.06. The second-order valence-corrected chi connectivity index (χ2v) is 4.75. The number of aromatic nitrogens is 3. The second-order valence-electron chi connectivity index (χ2n) is 4.75. The highest BCUT2D eigenvalue weighted by atomic mass is 16.6. The predicted molar refractivity (Wildman–Crippen MR) is 65.6 cm³/mol. The van der Waals surface area contributed by atoms with Gasteiger partial charge >= 0.3 is 12.1 Å². The molecule has 1 aromatic rings. The van der Waals surface area contributed by atoms with Crippen LogP contribution in [0.2, 0.25) is 0 Å². The van der Waals surface area contributed by atoms with E-state index in [0.717, 1.165) is 0 Å². The quantitative estimate of drug-likeness (QED) is 0.804. The Morgan fingerprint density at radius 1 is 1.42 bits per heavy atom. The third-order valence-corrected chi connectivity index (χ3v) is 1.91. The second kappa shape index (κ2) is 6.17. The van der Waals surface area contributed by atoms with Gasteiger partial charge in [0.25, 0.3) is 0 Å². The third-order valence-electron chi connectivity index (χ3n) is 1.91. The minimum Gasteiger partial charge on any atom is -0.464 e. The normalized spacial score (nSPS) is 10.9. The van der Waals surface area contributed by atoms with E-state index in [2.05, 4.69) is 20.3 Å². The first-order valence-corrected chi connectivity index (χ1v) is 5.77. The molecule has 0 fully saturated rings. The molecule has 0 aliphatic carbocycles. The molecule has 0 aliphatic rings. The van der Waals surface area contributed by atoms with Crippen molar-refractivity contribution in [1.82, 2.24) is 20.3 Å². The molecule has 0 unspecified atom stereocenters. The summed E-state index contributed by atoms with van der Waals surface area (Å²) >= 11 is 0. The average molecular weight is 270 g/mol. The van der Waals surface area contributed by atoms with Crippen LogP contribution in [-0.4, -0.2) is 46.3 Å². The van der Waals surface area contributed by atoms with Gasteiger partial charge in [0.15, 0.2) is 5.69 Å². The summed E-state index contributed by atoms with van der Waals surface area (Å²) in [5.41, 5.74) is -0.411. The number of hydrogen-bond acceptors (Lipinski definition) is 6. The lowest BCUT2D eigenvalue weighted by atomic mass is 10.2. The Hall–Kier alpha value is -2.12. The largest absolute Gasteiger partial charge is 0.464 e. The van der Waals surface area contributed by atoms with Crippen molar-refractivity contribution in [3.63, 3.8) is 0 Å². The van der Waals surface area contributed by atoms with Crippen molar-refractivity contribution in [2.24, 2.45) is 0 Å². The molecule has 0 bridgehead atoms. The lowest BCUT2D eigenvalue weighted by Gasteiger charge is -2.19. The summed E-state index contributed by atoms with van der Waals surface area (Å²) in [6, 6.07) is 0. The van der Waals surface area contributed by atoms with Crippen LogP contribution in [0.1, 0.15) is 31.3 Å². The lowest BCUT2D eigenvalue weighted by Crippen LogP contribution is -2.34. The molecule has 1 N–H and O–H groups in total. The number of carbonyl (C=O) groups is 2. The van der Waals surface area contributed by atoms with Crippen molar-refractivity contribution in [3.8, 4) is 0 Å². The van der Waals surface area contributed by atoms with Gasteiger partial charge in [-0.3, -0.25) is 0 Å². The molecule has 0 aliphatic heterocycles. The molecule has 1 rings (SSSR count). The number of methoxy groups -OCH3 is 1. The highest BCUT2D eigenvalue weighted by Gasteiger charge is 2.15. The van der Waals surface area contributed by atoms with Crippen molar-refractivity contribution >= 4 is 12.1 Å². The molecule has 8 nitrogen and oxygen atoms in total. The van der Waals surface area contributed by atoms with E-state index in [1.54, 1.807) is 20.8 Å². The van der Waals surface area contributed by atoms with E-state index in [4.69, 9.17) is 4.74 Å². The van der Waals surface area contributed by atoms with Crippen LogP contribution in [0, 0.1) is 0 Å². The molecule has 0 spiro atoms. The maximum atomic E-state index is 11.4. The van der Waals surface area contributed by atoms with E-state index in [9.17, 15) is 9.59 Å². The fourth-order valence-electron chi connectivity index (χ4n) is 1.18. The van der Waals surface area contributed by atoms with E-state index in [1.807, 2.05) is 0 Å². The molecule has 0 radical (unpaired) electrons.